The molecule has 1 saturated carbocycles. The molecule has 4 heteroatoms. The van der Waals surface area contributed by atoms with Gasteiger partial charge in [-0.1, -0.05) is 0 Å². The van der Waals surface area contributed by atoms with Crippen molar-refractivity contribution >= 4 is 11.8 Å². The van der Waals surface area contributed by atoms with Crippen molar-refractivity contribution in [1.82, 2.24) is 0 Å². The fourth-order valence-corrected chi connectivity index (χ4v) is 1.71. The molecule has 1 aliphatic carbocycles. The number of amides is 1. The molecule has 4 nitrogen and oxygen atoms in total. The Morgan fingerprint density at radius 1 is 1.60 bits per heavy atom. The molecule has 1 amide bonds. The number of hydrogen-bond acceptors (Lipinski definition) is 3. The Kier molecular flexibility index (Phi) is 2.31. The second-order valence-corrected chi connectivity index (χ2v) is 4.23. The molecular weight excluding hydrogens is 192 g/mol. The van der Waals surface area contributed by atoms with E-state index in [0.717, 1.165) is 18.6 Å². The molecule has 0 radical (unpaired) electrons. The predicted octanol–water partition coefficient (Wildman–Crippen LogP) is 1.29. The van der Waals surface area contributed by atoms with Crippen molar-refractivity contribution in [2.75, 3.05) is 18.5 Å². The van der Waals surface area contributed by atoms with Crippen LogP contribution >= 0.6 is 0 Å². The van der Waals surface area contributed by atoms with E-state index >= 15 is 0 Å². The summed E-state index contributed by atoms with van der Waals surface area (Å²) in [6, 6.07) is 3.65. The van der Waals surface area contributed by atoms with Crippen LogP contribution in [0, 0.1) is 12.3 Å². The number of anilines is 1. The summed E-state index contributed by atoms with van der Waals surface area (Å²) in [4.78, 5) is 13.6. The second-order valence-electron chi connectivity index (χ2n) is 4.23. The van der Waals surface area contributed by atoms with E-state index in [-0.39, 0.29) is 11.3 Å². The van der Waals surface area contributed by atoms with Crippen LogP contribution < -0.4 is 10.6 Å². The van der Waals surface area contributed by atoms with Crippen molar-refractivity contribution < 1.29 is 9.21 Å². The highest BCUT2D eigenvalue weighted by Crippen LogP contribution is 2.46. The first-order chi connectivity index (χ1) is 7.09. The summed E-state index contributed by atoms with van der Waals surface area (Å²) in [6.45, 7) is 2.29. The third-order valence-corrected chi connectivity index (χ3v) is 3.06. The van der Waals surface area contributed by atoms with Crippen LogP contribution in [0.5, 0.6) is 0 Å². The van der Waals surface area contributed by atoms with Gasteiger partial charge in [-0.15, -0.1) is 0 Å². The van der Waals surface area contributed by atoms with E-state index in [9.17, 15) is 4.79 Å². The lowest BCUT2D eigenvalue weighted by molar-refractivity contribution is -0.123. The first-order valence-corrected chi connectivity index (χ1v) is 5.14. The minimum absolute atomic E-state index is 0.0688. The first-order valence-electron chi connectivity index (χ1n) is 5.14. The minimum Gasteiger partial charge on any atom is -0.445 e. The average Bonchev–Trinajstić information content (AvgIpc) is 2.93. The summed E-state index contributed by atoms with van der Waals surface area (Å²) in [7, 11) is 1.73. The number of nitrogens with two attached hydrogens (primary N) is 1. The molecule has 0 unspecified atom stereocenters. The lowest BCUT2D eigenvalue weighted by Gasteiger charge is -2.19. The molecule has 2 rings (SSSR count). The Hall–Kier alpha value is -1.29. The monoisotopic (exact) mass is 208 g/mol. The van der Waals surface area contributed by atoms with E-state index in [1.807, 2.05) is 13.0 Å². The van der Waals surface area contributed by atoms with Crippen LogP contribution in [0.4, 0.5) is 5.88 Å². The molecule has 1 aromatic rings. The van der Waals surface area contributed by atoms with Gasteiger partial charge in [-0.05, 0) is 25.8 Å². The van der Waals surface area contributed by atoms with Gasteiger partial charge in [0, 0.05) is 19.7 Å². The van der Waals surface area contributed by atoms with Crippen molar-refractivity contribution in [3.63, 3.8) is 0 Å². The molecule has 0 atom stereocenters. The van der Waals surface area contributed by atoms with Gasteiger partial charge in [-0.2, -0.15) is 0 Å². The van der Waals surface area contributed by atoms with Crippen LogP contribution in [0.15, 0.2) is 16.5 Å². The van der Waals surface area contributed by atoms with Crippen molar-refractivity contribution in [3.8, 4) is 0 Å². The zero-order valence-corrected chi connectivity index (χ0v) is 9.12. The van der Waals surface area contributed by atoms with Gasteiger partial charge in [-0.25, -0.2) is 0 Å². The predicted molar refractivity (Wildman–Crippen MR) is 57.6 cm³/mol. The molecule has 0 bridgehead atoms. The van der Waals surface area contributed by atoms with E-state index in [1.54, 1.807) is 18.0 Å². The highest BCUT2D eigenvalue weighted by atomic mass is 16.4. The van der Waals surface area contributed by atoms with Gasteiger partial charge < -0.3 is 10.2 Å². The molecule has 1 aromatic heterocycles. The highest BCUT2D eigenvalue weighted by Gasteiger charge is 2.50. The van der Waals surface area contributed by atoms with Crippen LogP contribution in [0.1, 0.15) is 18.6 Å². The number of aryl methyl sites for hydroxylation is 1. The zero-order chi connectivity index (χ0) is 11.1. The number of hydrogen-bond donors (Lipinski definition) is 1. The fourth-order valence-electron chi connectivity index (χ4n) is 1.71. The van der Waals surface area contributed by atoms with E-state index in [2.05, 4.69) is 0 Å². The molecular formula is C11H16N2O2. The SMILES string of the molecule is Cc1ccc(N(C)C(=O)C2(CN)CC2)o1. The highest BCUT2D eigenvalue weighted by molar-refractivity contribution is 5.98. The van der Waals surface area contributed by atoms with E-state index in [0.29, 0.717) is 12.4 Å². The van der Waals surface area contributed by atoms with Crippen molar-refractivity contribution in [1.29, 1.82) is 0 Å². The number of furan rings is 1. The van der Waals surface area contributed by atoms with Gasteiger partial charge in [0.15, 0.2) is 0 Å². The number of rotatable bonds is 3. The third kappa shape index (κ3) is 1.65. The van der Waals surface area contributed by atoms with Crippen molar-refractivity contribution in [2.45, 2.75) is 19.8 Å². The maximum atomic E-state index is 12.1. The summed E-state index contributed by atoms with van der Waals surface area (Å²) >= 11 is 0. The summed E-state index contributed by atoms with van der Waals surface area (Å²) in [6.07, 6.45) is 1.79. The lowest BCUT2D eigenvalue weighted by atomic mass is 10.1. The molecule has 82 valence electrons. The van der Waals surface area contributed by atoms with Gasteiger partial charge in [0.05, 0.1) is 5.41 Å². The molecule has 1 heterocycles. The normalized spacial score (nSPS) is 17.5. The molecule has 1 aliphatic rings. The third-order valence-electron chi connectivity index (χ3n) is 3.06. The van der Waals surface area contributed by atoms with Gasteiger partial charge in [0.1, 0.15) is 5.76 Å². The molecule has 1 fully saturated rings. The van der Waals surface area contributed by atoms with Crippen molar-refractivity contribution in [2.24, 2.45) is 11.1 Å². The van der Waals surface area contributed by atoms with Crippen LogP contribution in [0.3, 0.4) is 0 Å². The summed E-state index contributed by atoms with van der Waals surface area (Å²) in [5, 5.41) is 0. The topological polar surface area (TPSA) is 59.5 Å². The van der Waals surface area contributed by atoms with Gasteiger partial charge >= 0.3 is 0 Å². The number of carbonyl (C=O) groups excluding carboxylic acids is 1. The summed E-state index contributed by atoms with van der Waals surface area (Å²) in [5.74, 6) is 1.47. The van der Waals surface area contributed by atoms with E-state index < -0.39 is 0 Å². The standard InChI is InChI=1S/C11H16N2O2/c1-8-3-4-9(15-8)13(2)10(14)11(7-12)5-6-11/h3-4H,5-7,12H2,1-2H3. The van der Waals surface area contributed by atoms with E-state index in [1.165, 1.54) is 0 Å². The Morgan fingerprint density at radius 2 is 2.27 bits per heavy atom. The average molecular weight is 208 g/mol. The quantitative estimate of drug-likeness (QED) is 0.814. The molecule has 0 saturated heterocycles. The molecule has 15 heavy (non-hydrogen) atoms. The van der Waals surface area contributed by atoms with Gasteiger partial charge in [0.25, 0.3) is 0 Å². The maximum absolute atomic E-state index is 12.1. The lowest BCUT2D eigenvalue weighted by Crippen LogP contribution is -2.37. The van der Waals surface area contributed by atoms with Crippen LogP contribution in [-0.2, 0) is 4.79 Å². The Bertz CT molecular complexity index is 380. The molecule has 2 N–H and O–H groups in total. The smallest absolute Gasteiger partial charge is 0.236 e. The summed E-state index contributed by atoms with van der Waals surface area (Å²) < 4.78 is 5.40. The van der Waals surface area contributed by atoms with Crippen molar-refractivity contribution in [3.05, 3.63) is 17.9 Å². The van der Waals surface area contributed by atoms with Crippen LogP contribution in [0.25, 0.3) is 0 Å². The Morgan fingerprint density at radius 3 is 2.67 bits per heavy atom. The Balaban J connectivity index is 2.15. The molecule has 0 aromatic carbocycles. The van der Waals surface area contributed by atoms with Gasteiger partial charge in [0.2, 0.25) is 11.8 Å². The fraction of sp³-hybridized carbons (Fsp3) is 0.545. The number of carbonyl (C=O) groups is 1. The summed E-state index contributed by atoms with van der Waals surface area (Å²) in [5.41, 5.74) is 5.30. The second kappa shape index (κ2) is 3.38. The Labute approximate surface area is 89.0 Å². The largest absolute Gasteiger partial charge is 0.445 e. The molecule has 0 spiro atoms. The van der Waals surface area contributed by atoms with E-state index in [4.69, 9.17) is 10.2 Å². The molecule has 0 aliphatic heterocycles. The minimum atomic E-state index is -0.310. The van der Waals surface area contributed by atoms with Gasteiger partial charge in [-0.3, -0.25) is 9.69 Å². The zero-order valence-electron chi connectivity index (χ0n) is 9.12. The van der Waals surface area contributed by atoms with Crippen LogP contribution in [-0.4, -0.2) is 19.5 Å². The first kappa shape index (κ1) is 10.2. The maximum Gasteiger partial charge on any atom is 0.236 e. The number of nitrogens with zero attached hydrogens (tertiary/aromatic N) is 1. The van der Waals surface area contributed by atoms with Crippen LogP contribution in [0.2, 0.25) is 0 Å².